The molecule has 3 N–H and O–H groups in total. The van der Waals surface area contributed by atoms with Gasteiger partial charge in [0.1, 0.15) is 6.04 Å². The van der Waals surface area contributed by atoms with Crippen molar-refractivity contribution in [2.75, 3.05) is 24.4 Å². The molecule has 1 aliphatic heterocycles. The number of nitrogens with one attached hydrogen (secondary N) is 2. The molecule has 1 atom stereocenters. The van der Waals surface area contributed by atoms with Crippen LogP contribution in [0.4, 0.5) is 4.79 Å². The molecule has 20 heavy (non-hydrogen) atoms. The Bertz CT molecular complexity index is 491. The Hall–Kier alpha value is -1.00. The summed E-state index contributed by atoms with van der Waals surface area (Å²) in [5.41, 5.74) is -0.852. The molecule has 116 valence electrons. The third kappa shape index (κ3) is 5.17. The van der Waals surface area contributed by atoms with E-state index in [0.29, 0.717) is 11.6 Å². The first kappa shape index (κ1) is 17.1. The summed E-state index contributed by atoms with van der Waals surface area (Å²) in [5.74, 6) is -0.380. The number of carbonyl (C=O) groups is 2. The van der Waals surface area contributed by atoms with Crippen LogP contribution in [-0.2, 0) is 14.8 Å². The molecule has 0 unspecified atom stereocenters. The Labute approximate surface area is 122 Å². The largest absolute Gasteiger partial charge is 0.480 e. The Morgan fingerprint density at radius 2 is 2.05 bits per heavy atom. The van der Waals surface area contributed by atoms with Gasteiger partial charge in [-0.3, -0.25) is 0 Å². The lowest BCUT2D eigenvalue weighted by Gasteiger charge is -2.27. The second kappa shape index (κ2) is 6.19. The molecule has 0 aromatic carbocycles. The van der Waals surface area contributed by atoms with Gasteiger partial charge < -0.3 is 15.3 Å². The average Bonchev–Trinajstić information content (AvgIpc) is 2.71. The molecule has 1 saturated heterocycles. The molecule has 0 radical (unpaired) electrons. The van der Waals surface area contributed by atoms with Gasteiger partial charge in [0, 0.05) is 17.8 Å². The predicted molar refractivity (Wildman–Crippen MR) is 76.0 cm³/mol. The number of nitrogens with zero attached hydrogens (tertiary/aromatic N) is 1. The number of aliphatic carboxylic acids is 1. The quantitative estimate of drug-likeness (QED) is 0.626. The topological polar surface area (TPSA) is 116 Å². The fourth-order valence-corrected chi connectivity index (χ4v) is 4.00. The number of amides is 2. The van der Waals surface area contributed by atoms with E-state index in [-0.39, 0.29) is 6.54 Å². The van der Waals surface area contributed by atoms with Crippen molar-refractivity contribution < 1.29 is 23.1 Å². The second-order valence-corrected chi connectivity index (χ2v) is 7.99. The molecule has 1 rings (SSSR count). The number of sulfonamides is 1. The van der Waals surface area contributed by atoms with Gasteiger partial charge in [-0.25, -0.2) is 22.7 Å². The fourth-order valence-electron chi connectivity index (χ4n) is 1.78. The predicted octanol–water partition coefficient (Wildman–Crippen LogP) is -0.517. The number of urea groups is 1. The van der Waals surface area contributed by atoms with E-state index in [0.717, 1.165) is 6.26 Å². The van der Waals surface area contributed by atoms with Gasteiger partial charge in [0.15, 0.2) is 0 Å². The van der Waals surface area contributed by atoms with E-state index in [2.05, 4.69) is 10.0 Å². The van der Waals surface area contributed by atoms with Crippen molar-refractivity contribution in [2.24, 2.45) is 0 Å². The molecule has 2 amide bonds. The molecule has 0 aliphatic carbocycles. The first-order chi connectivity index (χ1) is 9.02. The Morgan fingerprint density at radius 3 is 2.55 bits per heavy atom. The molecule has 0 aromatic rings. The van der Waals surface area contributed by atoms with Crippen LogP contribution in [0.1, 0.15) is 13.8 Å². The van der Waals surface area contributed by atoms with Gasteiger partial charge in [-0.05, 0) is 13.8 Å². The van der Waals surface area contributed by atoms with Gasteiger partial charge >= 0.3 is 12.0 Å². The summed E-state index contributed by atoms with van der Waals surface area (Å²) in [5, 5.41) is 11.5. The van der Waals surface area contributed by atoms with Gasteiger partial charge in [0.2, 0.25) is 10.0 Å². The lowest BCUT2D eigenvalue weighted by atomic mass is 10.1. The Balaban J connectivity index is 2.57. The maximum absolute atomic E-state index is 11.9. The van der Waals surface area contributed by atoms with Crippen LogP contribution < -0.4 is 10.0 Å². The summed E-state index contributed by atoms with van der Waals surface area (Å²) in [6, 6.07) is -1.35. The van der Waals surface area contributed by atoms with Crippen LogP contribution in [0.5, 0.6) is 0 Å². The lowest BCUT2D eigenvalue weighted by molar-refractivity contribution is -0.140. The van der Waals surface area contributed by atoms with Crippen molar-refractivity contribution in [3.63, 3.8) is 0 Å². The summed E-state index contributed by atoms with van der Waals surface area (Å²) in [6.07, 6.45) is 1.04. The zero-order valence-electron chi connectivity index (χ0n) is 11.5. The maximum atomic E-state index is 11.9. The minimum Gasteiger partial charge on any atom is -0.480 e. The second-order valence-electron chi connectivity index (χ2n) is 5.24. The van der Waals surface area contributed by atoms with Crippen molar-refractivity contribution >= 4 is 33.8 Å². The van der Waals surface area contributed by atoms with Gasteiger partial charge in [0.05, 0.1) is 12.1 Å². The van der Waals surface area contributed by atoms with Crippen molar-refractivity contribution in [1.29, 1.82) is 0 Å². The monoisotopic (exact) mass is 325 g/mol. The summed E-state index contributed by atoms with van der Waals surface area (Å²) >= 11 is 1.36. The zero-order chi connectivity index (χ0) is 15.6. The number of rotatable bonds is 5. The Kier molecular flexibility index (Phi) is 5.27. The minimum absolute atomic E-state index is 0.0619. The van der Waals surface area contributed by atoms with Crippen molar-refractivity contribution in [2.45, 2.75) is 25.4 Å². The molecule has 8 nitrogen and oxygen atoms in total. The van der Waals surface area contributed by atoms with Gasteiger partial charge in [-0.2, -0.15) is 0 Å². The first-order valence-corrected chi connectivity index (χ1v) is 8.90. The van der Waals surface area contributed by atoms with Crippen LogP contribution in [0.25, 0.3) is 0 Å². The third-order valence-electron chi connectivity index (χ3n) is 2.57. The van der Waals surface area contributed by atoms with E-state index in [1.54, 1.807) is 13.8 Å². The van der Waals surface area contributed by atoms with Crippen LogP contribution in [0.15, 0.2) is 0 Å². The van der Waals surface area contributed by atoms with E-state index in [1.165, 1.54) is 16.7 Å². The van der Waals surface area contributed by atoms with E-state index >= 15 is 0 Å². The molecule has 0 saturated carbocycles. The standard InChI is InChI=1S/C10H19N3O5S2/c1-10(2,12-20(3,17)18)5-11-9(16)13-6-19-4-7(13)8(14)15/h7,12H,4-6H2,1-3H3,(H,11,16)(H,14,15)/t7-/m0/s1. The van der Waals surface area contributed by atoms with Crippen LogP contribution in [-0.4, -0.2) is 66.4 Å². The molecule has 10 heteroatoms. The number of carbonyl (C=O) groups excluding carboxylic acids is 1. The molecule has 1 aliphatic rings. The molecule has 0 bridgehead atoms. The fraction of sp³-hybridized carbons (Fsp3) is 0.800. The summed E-state index contributed by atoms with van der Waals surface area (Å²) < 4.78 is 24.7. The zero-order valence-corrected chi connectivity index (χ0v) is 13.2. The smallest absolute Gasteiger partial charge is 0.327 e. The van der Waals surface area contributed by atoms with Gasteiger partial charge in [-0.1, -0.05) is 0 Å². The highest BCUT2D eigenvalue weighted by Crippen LogP contribution is 2.20. The van der Waals surface area contributed by atoms with Crippen LogP contribution in [0.2, 0.25) is 0 Å². The number of thioether (sulfide) groups is 1. The Morgan fingerprint density at radius 1 is 1.45 bits per heavy atom. The number of carboxylic acid groups (broad SMARTS) is 1. The van der Waals surface area contributed by atoms with E-state index in [4.69, 9.17) is 5.11 Å². The summed E-state index contributed by atoms with van der Waals surface area (Å²) in [6.45, 7) is 3.32. The molecular weight excluding hydrogens is 306 g/mol. The minimum atomic E-state index is -3.39. The first-order valence-electron chi connectivity index (χ1n) is 5.86. The highest BCUT2D eigenvalue weighted by molar-refractivity contribution is 7.99. The van der Waals surface area contributed by atoms with E-state index in [1.807, 2.05) is 0 Å². The molecule has 0 aromatic heterocycles. The average molecular weight is 325 g/mol. The van der Waals surface area contributed by atoms with Crippen molar-refractivity contribution in [3.05, 3.63) is 0 Å². The van der Waals surface area contributed by atoms with E-state index in [9.17, 15) is 18.0 Å². The number of hydrogen-bond donors (Lipinski definition) is 3. The lowest BCUT2D eigenvalue weighted by Crippen LogP contribution is -2.54. The van der Waals surface area contributed by atoms with Crippen LogP contribution in [0.3, 0.4) is 0 Å². The van der Waals surface area contributed by atoms with Crippen molar-refractivity contribution in [1.82, 2.24) is 14.9 Å². The molecule has 1 heterocycles. The van der Waals surface area contributed by atoms with Gasteiger partial charge in [-0.15, -0.1) is 11.8 Å². The summed E-state index contributed by atoms with van der Waals surface area (Å²) in [4.78, 5) is 24.1. The third-order valence-corrected chi connectivity index (χ3v) is 4.51. The normalized spacial score (nSPS) is 19.9. The van der Waals surface area contributed by atoms with Crippen LogP contribution in [0, 0.1) is 0 Å². The number of hydrogen-bond acceptors (Lipinski definition) is 5. The molecule has 1 fully saturated rings. The summed E-state index contributed by atoms with van der Waals surface area (Å²) in [7, 11) is -3.39. The van der Waals surface area contributed by atoms with E-state index < -0.39 is 33.6 Å². The molecular formula is C10H19N3O5S2. The van der Waals surface area contributed by atoms with Gasteiger partial charge in [0.25, 0.3) is 0 Å². The number of carboxylic acids is 1. The highest BCUT2D eigenvalue weighted by atomic mass is 32.2. The molecule has 0 spiro atoms. The SMILES string of the molecule is CC(C)(CNC(=O)N1CSC[C@H]1C(=O)O)NS(C)(=O)=O. The maximum Gasteiger partial charge on any atom is 0.327 e. The van der Waals surface area contributed by atoms with Crippen LogP contribution >= 0.6 is 11.8 Å². The highest BCUT2D eigenvalue weighted by Gasteiger charge is 2.35. The van der Waals surface area contributed by atoms with Crippen molar-refractivity contribution in [3.8, 4) is 0 Å².